The molecule has 4 rings (SSSR count). The molecular formula is C21H15ClN2. The molecule has 3 aromatic carbocycles. The third kappa shape index (κ3) is 2.77. The first kappa shape index (κ1) is 14.9. The normalized spacial score (nSPS) is 14.4. The third-order valence-corrected chi connectivity index (χ3v) is 4.35. The zero-order valence-electron chi connectivity index (χ0n) is 12.9. The molecule has 1 aliphatic rings. The molecule has 0 saturated heterocycles. The summed E-state index contributed by atoms with van der Waals surface area (Å²) < 4.78 is 0. The molecule has 0 spiro atoms. The Morgan fingerprint density at radius 1 is 0.583 bits per heavy atom. The van der Waals surface area contributed by atoms with E-state index in [1.54, 1.807) is 0 Å². The molecule has 24 heavy (non-hydrogen) atoms. The summed E-state index contributed by atoms with van der Waals surface area (Å²) in [4.78, 5) is 9.75. The summed E-state index contributed by atoms with van der Waals surface area (Å²) in [6.45, 7) is 0. The van der Waals surface area contributed by atoms with Crippen LogP contribution in [0.25, 0.3) is 0 Å². The fraction of sp³-hybridized carbons (Fsp3) is 0.0476. The molecule has 1 aliphatic heterocycles. The summed E-state index contributed by atoms with van der Waals surface area (Å²) in [5, 5.41) is 0.691. The van der Waals surface area contributed by atoms with Crippen molar-refractivity contribution in [3.63, 3.8) is 0 Å². The molecule has 0 unspecified atom stereocenters. The van der Waals surface area contributed by atoms with Crippen molar-refractivity contribution in [2.75, 3.05) is 0 Å². The average molecular weight is 331 g/mol. The van der Waals surface area contributed by atoms with Crippen LogP contribution in [0.1, 0.15) is 22.9 Å². The van der Waals surface area contributed by atoms with Crippen molar-refractivity contribution in [2.45, 2.75) is 6.17 Å². The van der Waals surface area contributed by atoms with Gasteiger partial charge in [-0.2, -0.15) is 0 Å². The summed E-state index contributed by atoms with van der Waals surface area (Å²) in [5.41, 5.74) is 4.88. The van der Waals surface area contributed by atoms with Crippen LogP contribution in [0.5, 0.6) is 0 Å². The second kappa shape index (κ2) is 6.42. The maximum atomic E-state index is 6.35. The van der Waals surface area contributed by atoms with Gasteiger partial charge >= 0.3 is 0 Å². The predicted octanol–water partition coefficient (Wildman–Crippen LogP) is 5.33. The highest BCUT2D eigenvalue weighted by Crippen LogP contribution is 2.32. The molecule has 0 aromatic heterocycles. The van der Waals surface area contributed by atoms with Gasteiger partial charge in [0.05, 0.1) is 11.4 Å². The lowest BCUT2D eigenvalue weighted by molar-refractivity contribution is 0.799. The van der Waals surface area contributed by atoms with Gasteiger partial charge in [0.2, 0.25) is 0 Å². The molecule has 0 atom stereocenters. The number of benzene rings is 3. The highest BCUT2D eigenvalue weighted by atomic mass is 35.5. The third-order valence-electron chi connectivity index (χ3n) is 4.00. The molecule has 0 saturated carbocycles. The van der Waals surface area contributed by atoms with E-state index in [0.717, 1.165) is 28.1 Å². The molecule has 0 aliphatic carbocycles. The number of rotatable bonds is 3. The van der Waals surface area contributed by atoms with Crippen molar-refractivity contribution >= 4 is 23.0 Å². The lowest BCUT2D eigenvalue weighted by Gasteiger charge is -2.06. The van der Waals surface area contributed by atoms with Crippen LogP contribution in [-0.4, -0.2) is 11.4 Å². The summed E-state index contributed by atoms with van der Waals surface area (Å²) in [6, 6.07) is 28.1. The van der Waals surface area contributed by atoms with Crippen LogP contribution >= 0.6 is 11.6 Å². The number of hydrogen-bond donors (Lipinski definition) is 0. The fourth-order valence-electron chi connectivity index (χ4n) is 2.83. The summed E-state index contributed by atoms with van der Waals surface area (Å²) in [7, 11) is 0. The van der Waals surface area contributed by atoms with E-state index >= 15 is 0 Å². The fourth-order valence-corrected chi connectivity index (χ4v) is 3.07. The highest BCUT2D eigenvalue weighted by Gasteiger charge is 2.25. The van der Waals surface area contributed by atoms with Crippen LogP contribution in [0.15, 0.2) is 94.9 Å². The van der Waals surface area contributed by atoms with Gasteiger partial charge in [0, 0.05) is 21.7 Å². The summed E-state index contributed by atoms with van der Waals surface area (Å²) in [6.07, 6.45) is -0.302. The first-order valence-electron chi connectivity index (χ1n) is 7.84. The molecule has 1 heterocycles. The topological polar surface area (TPSA) is 24.7 Å². The van der Waals surface area contributed by atoms with Gasteiger partial charge in [0.25, 0.3) is 0 Å². The lowest BCUT2D eigenvalue weighted by atomic mass is 10.0. The summed E-state index contributed by atoms with van der Waals surface area (Å²) in [5.74, 6) is 0. The van der Waals surface area contributed by atoms with Gasteiger partial charge in [-0.15, -0.1) is 0 Å². The number of hydrogen-bond acceptors (Lipinski definition) is 2. The van der Waals surface area contributed by atoms with E-state index in [2.05, 4.69) is 24.3 Å². The van der Waals surface area contributed by atoms with Crippen LogP contribution < -0.4 is 0 Å². The van der Waals surface area contributed by atoms with Crippen LogP contribution in [0, 0.1) is 0 Å². The zero-order valence-corrected chi connectivity index (χ0v) is 13.7. The lowest BCUT2D eigenvalue weighted by Crippen LogP contribution is -2.13. The van der Waals surface area contributed by atoms with Crippen molar-refractivity contribution in [2.24, 2.45) is 9.98 Å². The van der Waals surface area contributed by atoms with Gasteiger partial charge in [-0.3, -0.25) is 9.98 Å². The van der Waals surface area contributed by atoms with E-state index < -0.39 is 0 Å². The molecule has 116 valence electrons. The first-order chi connectivity index (χ1) is 11.8. The van der Waals surface area contributed by atoms with Gasteiger partial charge in [-0.1, -0.05) is 90.5 Å². The van der Waals surface area contributed by atoms with Crippen LogP contribution in [-0.2, 0) is 0 Å². The SMILES string of the molecule is Clc1ccccc1C1N=C(c2ccccc2)C(c2ccccc2)=N1. The maximum Gasteiger partial charge on any atom is 0.168 e. The molecule has 2 nitrogen and oxygen atoms in total. The van der Waals surface area contributed by atoms with Crippen LogP contribution in [0.2, 0.25) is 5.02 Å². The number of halogens is 1. The van der Waals surface area contributed by atoms with Gasteiger partial charge in [0.15, 0.2) is 6.17 Å². The average Bonchev–Trinajstić information content (AvgIpc) is 3.09. The second-order valence-electron chi connectivity index (χ2n) is 5.58. The number of nitrogens with zero attached hydrogens (tertiary/aromatic N) is 2. The van der Waals surface area contributed by atoms with Gasteiger partial charge in [0.1, 0.15) is 0 Å². The van der Waals surface area contributed by atoms with E-state index in [9.17, 15) is 0 Å². The van der Waals surface area contributed by atoms with Crippen molar-refractivity contribution in [1.82, 2.24) is 0 Å². The van der Waals surface area contributed by atoms with E-state index in [4.69, 9.17) is 21.6 Å². The number of aliphatic imine (C=N–C) groups is 2. The van der Waals surface area contributed by atoms with E-state index in [0.29, 0.717) is 5.02 Å². The Morgan fingerprint density at radius 3 is 1.54 bits per heavy atom. The minimum absolute atomic E-state index is 0.302. The van der Waals surface area contributed by atoms with Crippen molar-refractivity contribution in [3.05, 3.63) is 107 Å². The molecule has 0 amide bonds. The van der Waals surface area contributed by atoms with Crippen molar-refractivity contribution < 1.29 is 0 Å². The van der Waals surface area contributed by atoms with E-state index in [1.165, 1.54) is 0 Å². The first-order valence-corrected chi connectivity index (χ1v) is 8.22. The maximum absolute atomic E-state index is 6.35. The van der Waals surface area contributed by atoms with Crippen LogP contribution in [0.3, 0.4) is 0 Å². The largest absolute Gasteiger partial charge is 0.251 e. The Labute approximate surface area is 146 Å². The Balaban J connectivity index is 1.85. The smallest absolute Gasteiger partial charge is 0.168 e. The van der Waals surface area contributed by atoms with Gasteiger partial charge in [-0.25, -0.2) is 0 Å². The Morgan fingerprint density at radius 2 is 1.04 bits per heavy atom. The van der Waals surface area contributed by atoms with Crippen molar-refractivity contribution in [1.29, 1.82) is 0 Å². The molecule has 3 heteroatoms. The second-order valence-corrected chi connectivity index (χ2v) is 5.99. The summed E-state index contributed by atoms with van der Waals surface area (Å²) >= 11 is 6.35. The van der Waals surface area contributed by atoms with E-state index in [-0.39, 0.29) is 6.17 Å². The molecule has 0 fully saturated rings. The monoisotopic (exact) mass is 330 g/mol. The molecular weight excluding hydrogens is 316 g/mol. The van der Waals surface area contributed by atoms with Crippen molar-refractivity contribution in [3.8, 4) is 0 Å². The van der Waals surface area contributed by atoms with Gasteiger partial charge < -0.3 is 0 Å². The Kier molecular flexibility index (Phi) is 3.97. The Bertz CT molecular complexity index is 859. The highest BCUT2D eigenvalue weighted by molar-refractivity contribution is 6.54. The molecule has 0 bridgehead atoms. The predicted molar refractivity (Wildman–Crippen MR) is 100 cm³/mol. The Hall–Kier alpha value is -2.71. The standard InChI is InChI=1S/C21H15ClN2/c22-18-14-8-7-13-17(18)21-23-19(15-9-3-1-4-10-15)20(24-21)16-11-5-2-6-12-16/h1-14,21H. The molecule has 3 aromatic rings. The molecule has 0 radical (unpaired) electrons. The zero-order chi connectivity index (χ0) is 16.4. The quantitative estimate of drug-likeness (QED) is 0.620. The van der Waals surface area contributed by atoms with Crippen LogP contribution in [0.4, 0.5) is 0 Å². The van der Waals surface area contributed by atoms with E-state index in [1.807, 2.05) is 60.7 Å². The van der Waals surface area contributed by atoms with Gasteiger partial charge in [-0.05, 0) is 6.07 Å². The minimum atomic E-state index is -0.302. The molecule has 0 N–H and O–H groups in total. The minimum Gasteiger partial charge on any atom is -0.251 e.